The number of aromatic amines is 1. The molecule has 0 atom stereocenters. The molecule has 78 valence electrons. The third-order valence-corrected chi connectivity index (χ3v) is 2.03. The van der Waals surface area contributed by atoms with E-state index in [1.54, 1.807) is 0 Å². The van der Waals surface area contributed by atoms with Crippen molar-refractivity contribution in [3.8, 4) is 11.6 Å². The second kappa shape index (κ2) is 3.53. The van der Waals surface area contributed by atoms with E-state index in [1.807, 2.05) is 24.3 Å². The van der Waals surface area contributed by atoms with Gasteiger partial charge in [0.05, 0.1) is 12.6 Å². The number of hydrogen-bond donors (Lipinski definition) is 2. The number of nitrogens with two attached hydrogens (primary N) is 1. The summed E-state index contributed by atoms with van der Waals surface area (Å²) in [6.45, 7) is 0. The molecule has 0 aliphatic heterocycles. The van der Waals surface area contributed by atoms with Crippen molar-refractivity contribution in [1.82, 2.24) is 4.98 Å². The SMILES string of the molecule is COc1c(OC(N)=O)[nH]c2ccccc12. The molecule has 1 aromatic heterocycles. The van der Waals surface area contributed by atoms with E-state index in [0.717, 1.165) is 10.9 Å². The molecule has 15 heavy (non-hydrogen) atoms. The molecule has 0 fully saturated rings. The van der Waals surface area contributed by atoms with Crippen molar-refractivity contribution in [2.24, 2.45) is 5.73 Å². The number of methoxy groups -OCH3 is 1. The Labute approximate surface area is 85.8 Å². The van der Waals surface area contributed by atoms with Crippen LogP contribution in [0.2, 0.25) is 0 Å². The highest BCUT2D eigenvalue weighted by molar-refractivity contribution is 5.90. The Morgan fingerprint density at radius 3 is 2.80 bits per heavy atom. The number of rotatable bonds is 2. The lowest BCUT2D eigenvalue weighted by molar-refractivity contribution is 0.207. The average molecular weight is 206 g/mol. The Morgan fingerprint density at radius 1 is 1.40 bits per heavy atom. The van der Waals surface area contributed by atoms with Crippen LogP contribution in [0.3, 0.4) is 0 Å². The summed E-state index contributed by atoms with van der Waals surface area (Å²) in [5.41, 5.74) is 5.76. The molecule has 0 unspecified atom stereocenters. The highest BCUT2D eigenvalue weighted by Crippen LogP contribution is 2.35. The zero-order valence-electron chi connectivity index (χ0n) is 8.11. The average Bonchev–Trinajstić information content (AvgIpc) is 2.53. The number of carbonyl (C=O) groups excluding carboxylic acids is 1. The Balaban J connectivity index is 2.58. The van der Waals surface area contributed by atoms with Crippen LogP contribution >= 0.6 is 0 Å². The van der Waals surface area contributed by atoms with Gasteiger partial charge >= 0.3 is 6.09 Å². The first-order valence-electron chi connectivity index (χ1n) is 4.34. The molecule has 1 amide bonds. The molecule has 0 spiro atoms. The Kier molecular flexibility index (Phi) is 2.21. The predicted molar refractivity (Wildman–Crippen MR) is 55.1 cm³/mol. The van der Waals surface area contributed by atoms with E-state index >= 15 is 0 Å². The topological polar surface area (TPSA) is 77.3 Å². The van der Waals surface area contributed by atoms with Gasteiger partial charge < -0.3 is 20.2 Å². The van der Waals surface area contributed by atoms with Crippen molar-refractivity contribution >= 4 is 17.0 Å². The molecule has 5 nitrogen and oxygen atoms in total. The van der Waals surface area contributed by atoms with Gasteiger partial charge in [-0.2, -0.15) is 0 Å². The fourth-order valence-corrected chi connectivity index (χ4v) is 1.47. The van der Waals surface area contributed by atoms with E-state index < -0.39 is 6.09 Å². The largest absolute Gasteiger partial charge is 0.491 e. The zero-order chi connectivity index (χ0) is 10.8. The molecule has 1 heterocycles. The smallest absolute Gasteiger partial charge is 0.411 e. The number of nitrogens with one attached hydrogen (secondary N) is 1. The van der Waals surface area contributed by atoms with Crippen LogP contribution in [-0.2, 0) is 0 Å². The van der Waals surface area contributed by atoms with E-state index in [0.29, 0.717) is 5.75 Å². The molecule has 0 bridgehead atoms. The first kappa shape index (κ1) is 9.39. The summed E-state index contributed by atoms with van der Waals surface area (Å²) in [4.78, 5) is 13.5. The molecule has 0 radical (unpaired) electrons. The molecule has 0 aliphatic rings. The molecule has 3 N–H and O–H groups in total. The van der Waals surface area contributed by atoms with Gasteiger partial charge in [0.15, 0.2) is 5.75 Å². The summed E-state index contributed by atoms with van der Waals surface area (Å²) in [6, 6.07) is 7.45. The van der Waals surface area contributed by atoms with Gasteiger partial charge in [-0.05, 0) is 12.1 Å². The quantitative estimate of drug-likeness (QED) is 0.783. The van der Waals surface area contributed by atoms with Gasteiger partial charge in [-0.3, -0.25) is 0 Å². The van der Waals surface area contributed by atoms with Gasteiger partial charge in [0.2, 0.25) is 5.88 Å². The van der Waals surface area contributed by atoms with Gasteiger partial charge in [-0.25, -0.2) is 4.79 Å². The number of fused-ring (bicyclic) bond motifs is 1. The molecular weight excluding hydrogens is 196 g/mol. The molecule has 2 rings (SSSR count). The second-order valence-electron chi connectivity index (χ2n) is 2.95. The van der Waals surface area contributed by atoms with Gasteiger partial charge in [-0.15, -0.1) is 0 Å². The monoisotopic (exact) mass is 206 g/mol. The summed E-state index contributed by atoms with van der Waals surface area (Å²) >= 11 is 0. The number of amides is 1. The molecular formula is C10H10N2O3. The normalized spacial score (nSPS) is 10.2. The van der Waals surface area contributed by atoms with Crippen LogP contribution in [0, 0.1) is 0 Å². The molecule has 2 aromatic rings. The number of para-hydroxylation sites is 1. The van der Waals surface area contributed by atoms with Gasteiger partial charge in [0.25, 0.3) is 0 Å². The van der Waals surface area contributed by atoms with Crippen molar-refractivity contribution < 1.29 is 14.3 Å². The summed E-state index contributed by atoms with van der Waals surface area (Å²) in [6.07, 6.45) is -0.875. The van der Waals surface area contributed by atoms with Crippen molar-refractivity contribution in [3.63, 3.8) is 0 Å². The summed E-state index contributed by atoms with van der Waals surface area (Å²) in [7, 11) is 1.50. The molecule has 5 heteroatoms. The minimum atomic E-state index is -0.875. The third kappa shape index (κ3) is 1.59. The van der Waals surface area contributed by atoms with E-state index in [2.05, 4.69) is 4.98 Å². The van der Waals surface area contributed by atoms with Crippen LogP contribution in [0.4, 0.5) is 4.79 Å². The van der Waals surface area contributed by atoms with Gasteiger partial charge in [-0.1, -0.05) is 12.1 Å². The minimum Gasteiger partial charge on any atom is -0.491 e. The van der Waals surface area contributed by atoms with Crippen molar-refractivity contribution in [3.05, 3.63) is 24.3 Å². The summed E-state index contributed by atoms with van der Waals surface area (Å²) in [5.74, 6) is 0.704. The van der Waals surface area contributed by atoms with Crippen molar-refractivity contribution in [1.29, 1.82) is 0 Å². The molecule has 0 saturated heterocycles. The number of ether oxygens (including phenoxy) is 2. The number of carbonyl (C=O) groups is 1. The van der Waals surface area contributed by atoms with Crippen LogP contribution in [0.15, 0.2) is 24.3 Å². The van der Waals surface area contributed by atoms with Gasteiger partial charge in [0, 0.05) is 5.39 Å². The van der Waals surface area contributed by atoms with Crippen molar-refractivity contribution in [2.45, 2.75) is 0 Å². The lowest BCUT2D eigenvalue weighted by Crippen LogP contribution is -2.16. The molecule has 0 saturated carbocycles. The van der Waals surface area contributed by atoms with Crippen LogP contribution < -0.4 is 15.2 Å². The maximum atomic E-state index is 10.6. The number of H-pyrrole nitrogens is 1. The Bertz CT molecular complexity index is 504. The lowest BCUT2D eigenvalue weighted by Gasteiger charge is -2.00. The van der Waals surface area contributed by atoms with Crippen LogP contribution in [0.5, 0.6) is 11.6 Å². The number of benzene rings is 1. The highest BCUT2D eigenvalue weighted by Gasteiger charge is 2.14. The fraction of sp³-hybridized carbons (Fsp3) is 0.100. The van der Waals surface area contributed by atoms with Crippen LogP contribution in [-0.4, -0.2) is 18.2 Å². The number of aromatic nitrogens is 1. The highest BCUT2D eigenvalue weighted by atomic mass is 16.6. The number of primary amides is 1. The fourth-order valence-electron chi connectivity index (χ4n) is 1.47. The Morgan fingerprint density at radius 2 is 2.13 bits per heavy atom. The standard InChI is InChI=1S/C10H10N2O3/c1-14-8-6-4-2-3-5-7(6)12-9(8)15-10(11)13/h2-5,12H,1H3,(H2,11,13). The first-order chi connectivity index (χ1) is 7.22. The Hall–Kier alpha value is -2.17. The van der Waals surface area contributed by atoms with Crippen LogP contribution in [0.1, 0.15) is 0 Å². The maximum Gasteiger partial charge on any atom is 0.411 e. The minimum absolute atomic E-state index is 0.228. The first-order valence-corrected chi connectivity index (χ1v) is 4.34. The van der Waals surface area contributed by atoms with E-state index in [1.165, 1.54) is 7.11 Å². The molecule has 1 aromatic carbocycles. The van der Waals surface area contributed by atoms with E-state index in [4.69, 9.17) is 15.2 Å². The number of hydrogen-bond acceptors (Lipinski definition) is 3. The lowest BCUT2D eigenvalue weighted by atomic mass is 10.2. The summed E-state index contributed by atoms with van der Waals surface area (Å²) < 4.78 is 9.91. The predicted octanol–water partition coefficient (Wildman–Crippen LogP) is 1.63. The molecule has 0 aliphatic carbocycles. The van der Waals surface area contributed by atoms with Gasteiger partial charge in [0.1, 0.15) is 0 Å². The van der Waals surface area contributed by atoms with E-state index in [-0.39, 0.29) is 5.88 Å². The third-order valence-electron chi connectivity index (χ3n) is 2.03. The summed E-state index contributed by atoms with van der Waals surface area (Å²) in [5, 5.41) is 0.844. The maximum absolute atomic E-state index is 10.6. The van der Waals surface area contributed by atoms with Crippen molar-refractivity contribution in [2.75, 3.05) is 7.11 Å². The van der Waals surface area contributed by atoms with E-state index in [9.17, 15) is 4.79 Å². The zero-order valence-corrected chi connectivity index (χ0v) is 8.11. The van der Waals surface area contributed by atoms with Crippen LogP contribution in [0.25, 0.3) is 10.9 Å². The second-order valence-corrected chi connectivity index (χ2v) is 2.95.